The summed E-state index contributed by atoms with van der Waals surface area (Å²) < 4.78 is 0.827. The zero-order chi connectivity index (χ0) is 13.5. The molecule has 0 aromatic carbocycles. The second-order valence-corrected chi connectivity index (χ2v) is 6.04. The molecule has 1 heterocycles. The highest BCUT2D eigenvalue weighted by Gasteiger charge is 2.11. The second kappa shape index (κ2) is 7.38. The number of carboxylic acids is 1. The predicted molar refractivity (Wildman–Crippen MR) is 72.2 cm³/mol. The van der Waals surface area contributed by atoms with Crippen LogP contribution in [0.5, 0.6) is 0 Å². The first-order chi connectivity index (χ1) is 8.52. The van der Waals surface area contributed by atoms with Crippen LogP contribution < -0.4 is 5.32 Å². The van der Waals surface area contributed by atoms with Crippen molar-refractivity contribution in [2.24, 2.45) is 0 Å². The van der Waals surface area contributed by atoms with Crippen molar-refractivity contribution in [3.05, 3.63) is 10.6 Å². The summed E-state index contributed by atoms with van der Waals surface area (Å²) in [6, 6.07) is 0. The monoisotopic (exact) mass is 288 g/mol. The summed E-state index contributed by atoms with van der Waals surface area (Å²) in [4.78, 5) is 26.9. The molecule has 1 rings (SSSR count). The van der Waals surface area contributed by atoms with Crippen molar-refractivity contribution in [3.63, 3.8) is 0 Å². The SMILES string of the molecule is CCNC(=O)CCSc1nc(C)c(CC(=O)O)s1. The Morgan fingerprint density at radius 1 is 1.50 bits per heavy atom. The molecule has 0 aliphatic carbocycles. The van der Waals surface area contributed by atoms with Crippen LogP contribution in [0.25, 0.3) is 0 Å². The van der Waals surface area contributed by atoms with Crippen LogP contribution in [0, 0.1) is 6.92 Å². The summed E-state index contributed by atoms with van der Waals surface area (Å²) in [5, 5.41) is 11.5. The number of thioether (sulfide) groups is 1. The third kappa shape index (κ3) is 5.05. The summed E-state index contributed by atoms with van der Waals surface area (Å²) >= 11 is 2.88. The molecule has 0 fully saturated rings. The average Bonchev–Trinajstić information content (AvgIpc) is 2.59. The van der Waals surface area contributed by atoms with Crippen molar-refractivity contribution in [3.8, 4) is 0 Å². The summed E-state index contributed by atoms with van der Waals surface area (Å²) in [6.07, 6.45) is 0.464. The Morgan fingerprint density at radius 2 is 2.22 bits per heavy atom. The highest BCUT2D eigenvalue weighted by atomic mass is 32.2. The Balaban J connectivity index is 2.43. The van der Waals surface area contributed by atoms with Gasteiger partial charge < -0.3 is 10.4 Å². The molecular weight excluding hydrogens is 272 g/mol. The van der Waals surface area contributed by atoms with E-state index in [2.05, 4.69) is 10.3 Å². The summed E-state index contributed by atoms with van der Waals surface area (Å²) in [7, 11) is 0. The molecule has 0 radical (unpaired) electrons. The summed E-state index contributed by atoms with van der Waals surface area (Å²) in [5.74, 6) is -0.157. The minimum absolute atomic E-state index is 0.0143. The molecule has 1 amide bonds. The molecule has 0 atom stereocenters. The summed E-state index contributed by atoms with van der Waals surface area (Å²) in [5.41, 5.74) is 0.767. The van der Waals surface area contributed by atoms with Crippen LogP contribution in [-0.4, -0.2) is 34.3 Å². The average molecular weight is 288 g/mol. The fourth-order valence-corrected chi connectivity index (χ4v) is 3.51. The van der Waals surface area contributed by atoms with Gasteiger partial charge in [0.25, 0.3) is 0 Å². The molecule has 0 saturated carbocycles. The number of hydrogen-bond donors (Lipinski definition) is 2. The minimum atomic E-state index is -0.847. The van der Waals surface area contributed by atoms with Crippen LogP contribution in [0.15, 0.2) is 4.34 Å². The number of nitrogens with one attached hydrogen (secondary N) is 1. The molecule has 7 heteroatoms. The lowest BCUT2D eigenvalue weighted by Gasteiger charge is -1.99. The van der Waals surface area contributed by atoms with Gasteiger partial charge in [-0.15, -0.1) is 11.3 Å². The molecular formula is C11H16N2O3S2. The van der Waals surface area contributed by atoms with Crippen molar-refractivity contribution < 1.29 is 14.7 Å². The molecule has 0 aliphatic heterocycles. The van der Waals surface area contributed by atoms with Gasteiger partial charge >= 0.3 is 5.97 Å². The number of carbonyl (C=O) groups is 2. The molecule has 0 bridgehead atoms. The first-order valence-corrected chi connectivity index (χ1v) is 7.40. The van der Waals surface area contributed by atoms with Gasteiger partial charge in [0.15, 0.2) is 0 Å². The molecule has 0 spiro atoms. The molecule has 18 heavy (non-hydrogen) atoms. The molecule has 2 N–H and O–H groups in total. The van der Waals surface area contributed by atoms with E-state index in [1.54, 1.807) is 0 Å². The molecule has 0 unspecified atom stereocenters. The normalized spacial score (nSPS) is 10.3. The fraction of sp³-hybridized carbons (Fsp3) is 0.545. The van der Waals surface area contributed by atoms with E-state index in [9.17, 15) is 9.59 Å². The molecule has 0 saturated heterocycles. The lowest BCUT2D eigenvalue weighted by atomic mass is 10.3. The van der Waals surface area contributed by atoms with Crippen molar-refractivity contribution in [2.45, 2.75) is 31.0 Å². The third-order valence-electron chi connectivity index (χ3n) is 2.11. The Bertz CT molecular complexity index is 432. The maximum absolute atomic E-state index is 11.2. The largest absolute Gasteiger partial charge is 0.481 e. The van der Waals surface area contributed by atoms with Crippen molar-refractivity contribution in [1.82, 2.24) is 10.3 Å². The molecule has 1 aromatic heterocycles. The van der Waals surface area contributed by atoms with Crippen LogP contribution in [0.3, 0.4) is 0 Å². The number of aryl methyl sites for hydroxylation is 1. The Morgan fingerprint density at radius 3 is 2.83 bits per heavy atom. The number of aliphatic carboxylic acids is 1. The van der Waals surface area contributed by atoms with Gasteiger partial charge in [-0.1, -0.05) is 11.8 Å². The molecule has 5 nitrogen and oxygen atoms in total. The molecule has 0 aliphatic rings. The second-order valence-electron chi connectivity index (χ2n) is 3.61. The maximum Gasteiger partial charge on any atom is 0.308 e. The van der Waals surface area contributed by atoms with Gasteiger partial charge in [0.1, 0.15) is 4.34 Å². The van der Waals surface area contributed by atoms with E-state index < -0.39 is 5.97 Å². The van der Waals surface area contributed by atoms with Gasteiger partial charge in [-0.05, 0) is 13.8 Å². The van der Waals surface area contributed by atoms with Crippen LogP contribution in [0.2, 0.25) is 0 Å². The Hall–Kier alpha value is -1.08. The number of rotatable bonds is 7. The standard InChI is InChI=1S/C11H16N2O3S2/c1-3-12-9(14)4-5-17-11-13-7(2)8(18-11)6-10(15)16/h3-6H2,1-2H3,(H,12,14)(H,15,16). The number of amides is 1. The number of aromatic nitrogens is 1. The zero-order valence-corrected chi connectivity index (χ0v) is 12.0. The Labute approximate surface area is 114 Å². The maximum atomic E-state index is 11.2. The van der Waals surface area contributed by atoms with Gasteiger partial charge in [-0.3, -0.25) is 9.59 Å². The highest BCUT2D eigenvalue weighted by Crippen LogP contribution is 2.27. The van der Waals surface area contributed by atoms with Crippen molar-refractivity contribution in [2.75, 3.05) is 12.3 Å². The number of carboxylic acid groups (broad SMARTS) is 1. The molecule has 1 aromatic rings. The van der Waals surface area contributed by atoms with E-state index in [1.165, 1.54) is 23.1 Å². The van der Waals surface area contributed by atoms with Crippen LogP contribution in [-0.2, 0) is 16.0 Å². The van der Waals surface area contributed by atoms with E-state index >= 15 is 0 Å². The quantitative estimate of drug-likeness (QED) is 0.747. The van der Waals surface area contributed by atoms with Gasteiger partial charge in [0, 0.05) is 23.6 Å². The van der Waals surface area contributed by atoms with Crippen molar-refractivity contribution in [1.29, 1.82) is 0 Å². The fourth-order valence-electron chi connectivity index (χ4n) is 1.28. The predicted octanol–water partition coefficient (Wildman–Crippen LogP) is 1.70. The third-order valence-corrected chi connectivity index (χ3v) is 4.42. The van der Waals surface area contributed by atoms with Crippen molar-refractivity contribution >= 4 is 35.0 Å². The van der Waals surface area contributed by atoms with E-state index in [0.29, 0.717) is 18.7 Å². The van der Waals surface area contributed by atoms with Gasteiger partial charge in [-0.2, -0.15) is 0 Å². The highest BCUT2D eigenvalue weighted by molar-refractivity contribution is 8.01. The minimum Gasteiger partial charge on any atom is -0.481 e. The summed E-state index contributed by atoms with van der Waals surface area (Å²) in [6.45, 7) is 4.33. The van der Waals surface area contributed by atoms with Gasteiger partial charge in [-0.25, -0.2) is 4.98 Å². The van der Waals surface area contributed by atoms with Gasteiger partial charge in [0.2, 0.25) is 5.91 Å². The number of carbonyl (C=O) groups excluding carboxylic acids is 1. The Kier molecular flexibility index (Phi) is 6.14. The van der Waals surface area contributed by atoms with E-state index in [4.69, 9.17) is 5.11 Å². The van der Waals surface area contributed by atoms with Crippen LogP contribution >= 0.6 is 23.1 Å². The topological polar surface area (TPSA) is 79.3 Å². The first kappa shape index (κ1) is 15.0. The van der Waals surface area contributed by atoms with Crippen LogP contribution in [0.4, 0.5) is 0 Å². The number of hydrogen-bond acceptors (Lipinski definition) is 5. The lowest BCUT2D eigenvalue weighted by molar-refractivity contribution is -0.136. The lowest BCUT2D eigenvalue weighted by Crippen LogP contribution is -2.22. The first-order valence-electron chi connectivity index (χ1n) is 5.60. The number of nitrogens with zero attached hydrogens (tertiary/aromatic N) is 1. The molecule has 100 valence electrons. The van der Waals surface area contributed by atoms with E-state index in [-0.39, 0.29) is 12.3 Å². The smallest absolute Gasteiger partial charge is 0.308 e. The van der Waals surface area contributed by atoms with E-state index in [1.807, 2.05) is 13.8 Å². The zero-order valence-electron chi connectivity index (χ0n) is 10.4. The van der Waals surface area contributed by atoms with Crippen LogP contribution in [0.1, 0.15) is 23.9 Å². The number of thiazole rings is 1. The van der Waals surface area contributed by atoms with E-state index in [0.717, 1.165) is 14.9 Å². The van der Waals surface area contributed by atoms with Gasteiger partial charge in [0.05, 0.1) is 12.1 Å².